The third kappa shape index (κ3) is 4.41. The van der Waals surface area contributed by atoms with Gasteiger partial charge in [0.15, 0.2) is 0 Å². The van der Waals surface area contributed by atoms with Gasteiger partial charge in [0.2, 0.25) is 10.0 Å². The molecule has 1 heterocycles. The van der Waals surface area contributed by atoms with Crippen LogP contribution in [0, 0.1) is 5.41 Å². The van der Waals surface area contributed by atoms with Gasteiger partial charge in [-0.05, 0) is 50.2 Å². The Hall–Kier alpha value is -1.14. The monoisotopic (exact) mass is 311 g/mol. The molecule has 21 heavy (non-hydrogen) atoms. The molecule has 0 saturated heterocycles. The number of hydrogen-bond acceptors (Lipinski definition) is 4. The lowest BCUT2D eigenvalue weighted by Crippen LogP contribution is -2.39. The van der Waals surface area contributed by atoms with Crippen molar-refractivity contribution in [3.8, 4) is 0 Å². The Balaban J connectivity index is 2.01. The lowest BCUT2D eigenvalue weighted by Gasteiger charge is -2.34. The maximum atomic E-state index is 12.4. The molecule has 6 heteroatoms. The summed E-state index contributed by atoms with van der Waals surface area (Å²) in [5.74, 6) is 0.691. The molecule has 0 radical (unpaired) electrons. The van der Waals surface area contributed by atoms with Crippen LogP contribution in [0.1, 0.15) is 46.5 Å². The molecule has 1 aromatic heterocycles. The van der Waals surface area contributed by atoms with Gasteiger partial charge in [0, 0.05) is 18.8 Å². The fourth-order valence-corrected chi connectivity index (χ4v) is 3.88. The largest absolute Gasteiger partial charge is 0.370 e. The normalized spacial score (nSPS) is 19.4. The third-order valence-corrected chi connectivity index (χ3v) is 5.57. The number of sulfonamides is 1. The van der Waals surface area contributed by atoms with E-state index in [-0.39, 0.29) is 10.9 Å². The maximum absolute atomic E-state index is 12.4. The summed E-state index contributed by atoms with van der Waals surface area (Å²) in [4.78, 5) is 4.35. The van der Waals surface area contributed by atoms with E-state index in [2.05, 4.69) is 28.9 Å². The van der Waals surface area contributed by atoms with Crippen molar-refractivity contribution in [1.82, 2.24) is 9.71 Å². The molecule has 1 aromatic rings. The van der Waals surface area contributed by atoms with E-state index in [0.29, 0.717) is 11.2 Å². The number of anilines is 1. The van der Waals surface area contributed by atoms with E-state index < -0.39 is 10.0 Å². The van der Waals surface area contributed by atoms with Gasteiger partial charge in [-0.25, -0.2) is 18.1 Å². The van der Waals surface area contributed by atoms with Crippen molar-refractivity contribution < 1.29 is 8.42 Å². The summed E-state index contributed by atoms with van der Waals surface area (Å²) in [6, 6.07) is 3.33. The summed E-state index contributed by atoms with van der Waals surface area (Å²) in [6.45, 7) is 7.20. The molecule has 2 rings (SSSR count). The highest BCUT2D eigenvalue weighted by atomic mass is 32.2. The van der Waals surface area contributed by atoms with Gasteiger partial charge in [0.25, 0.3) is 0 Å². The van der Waals surface area contributed by atoms with Crippen molar-refractivity contribution in [2.75, 3.05) is 11.9 Å². The van der Waals surface area contributed by atoms with Gasteiger partial charge in [-0.2, -0.15) is 0 Å². The highest BCUT2D eigenvalue weighted by Gasteiger charge is 2.29. The van der Waals surface area contributed by atoms with Crippen LogP contribution in [0.5, 0.6) is 0 Å². The second kappa shape index (κ2) is 6.32. The zero-order chi connectivity index (χ0) is 15.5. The molecule has 0 spiro atoms. The zero-order valence-corrected chi connectivity index (χ0v) is 13.8. The molecule has 1 saturated carbocycles. The van der Waals surface area contributed by atoms with Crippen LogP contribution in [0.2, 0.25) is 0 Å². The summed E-state index contributed by atoms with van der Waals surface area (Å²) in [6.07, 6.45) is 5.31. The molecule has 1 fully saturated rings. The van der Waals surface area contributed by atoms with Crippen LogP contribution in [0.25, 0.3) is 0 Å². The van der Waals surface area contributed by atoms with E-state index in [1.165, 1.54) is 6.20 Å². The Labute approximate surface area is 127 Å². The maximum Gasteiger partial charge on any atom is 0.242 e. The summed E-state index contributed by atoms with van der Waals surface area (Å²) in [5, 5.41) is 3.05. The first-order chi connectivity index (χ1) is 9.82. The first-order valence-electron chi connectivity index (χ1n) is 7.55. The third-order valence-electron chi connectivity index (χ3n) is 4.07. The molecule has 0 amide bonds. The van der Waals surface area contributed by atoms with Crippen molar-refractivity contribution in [3.05, 3.63) is 18.3 Å². The second-order valence-electron chi connectivity index (χ2n) is 6.47. The molecule has 118 valence electrons. The van der Waals surface area contributed by atoms with Crippen LogP contribution in [0.15, 0.2) is 23.2 Å². The number of pyridine rings is 1. The highest BCUT2D eigenvalue weighted by Crippen LogP contribution is 2.35. The minimum Gasteiger partial charge on any atom is -0.370 e. The van der Waals surface area contributed by atoms with Crippen molar-refractivity contribution in [3.63, 3.8) is 0 Å². The molecule has 0 aliphatic heterocycles. The average molecular weight is 311 g/mol. The molecule has 5 nitrogen and oxygen atoms in total. The van der Waals surface area contributed by atoms with Gasteiger partial charge in [-0.1, -0.05) is 13.8 Å². The number of aromatic nitrogens is 1. The molecule has 0 aromatic carbocycles. The average Bonchev–Trinajstić information content (AvgIpc) is 2.42. The Bertz CT molecular complexity index is 557. The Morgan fingerprint density at radius 1 is 1.29 bits per heavy atom. The quantitative estimate of drug-likeness (QED) is 0.877. The van der Waals surface area contributed by atoms with Crippen molar-refractivity contribution in [2.45, 2.75) is 57.4 Å². The van der Waals surface area contributed by atoms with Crippen LogP contribution in [-0.2, 0) is 10.0 Å². The van der Waals surface area contributed by atoms with E-state index in [1.807, 2.05) is 6.92 Å². The Morgan fingerprint density at radius 2 is 1.95 bits per heavy atom. The molecular formula is C15H25N3O2S. The van der Waals surface area contributed by atoms with Crippen LogP contribution >= 0.6 is 0 Å². The minimum absolute atomic E-state index is 0.0384. The first-order valence-corrected chi connectivity index (χ1v) is 9.03. The van der Waals surface area contributed by atoms with E-state index in [0.717, 1.165) is 32.2 Å². The van der Waals surface area contributed by atoms with Gasteiger partial charge >= 0.3 is 0 Å². The number of nitrogens with one attached hydrogen (secondary N) is 2. The number of hydrogen-bond donors (Lipinski definition) is 2. The van der Waals surface area contributed by atoms with E-state index in [4.69, 9.17) is 0 Å². The molecule has 0 unspecified atom stereocenters. The highest BCUT2D eigenvalue weighted by molar-refractivity contribution is 7.89. The van der Waals surface area contributed by atoms with Gasteiger partial charge < -0.3 is 5.32 Å². The molecule has 0 bridgehead atoms. The zero-order valence-electron chi connectivity index (χ0n) is 13.0. The predicted molar refractivity (Wildman–Crippen MR) is 84.8 cm³/mol. The molecule has 2 N–H and O–H groups in total. The van der Waals surface area contributed by atoms with E-state index in [9.17, 15) is 8.42 Å². The van der Waals surface area contributed by atoms with Crippen molar-refractivity contribution in [1.29, 1.82) is 0 Å². The van der Waals surface area contributed by atoms with Gasteiger partial charge in [-0.3, -0.25) is 0 Å². The number of rotatable bonds is 5. The lowest BCUT2D eigenvalue weighted by molar-refractivity contribution is 0.218. The molecular weight excluding hydrogens is 286 g/mol. The topological polar surface area (TPSA) is 71.1 Å². The summed E-state index contributed by atoms with van der Waals surface area (Å²) >= 11 is 0. The van der Waals surface area contributed by atoms with Gasteiger partial charge in [-0.15, -0.1) is 0 Å². The lowest BCUT2D eigenvalue weighted by atomic mass is 9.76. The van der Waals surface area contributed by atoms with Gasteiger partial charge in [0.05, 0.1) is 0 Å². The van der Waals surface area contributed by atoms with Crippen molar-refractivity contribution in [2.24, 2.45) is 5.41 Å². The van der Waals surface area contributed by atoms with Crippen molar-refractivity contribution >= 4 is 15.8 Å². The van der Waals surface area contributed by atoms with Crippen LogP contribution < -0.4 is 10.0 Å². The van der Waals surface area contributed by atoms with Crippen LogP contribution in [-0.4, -0.2) is 26.0 Å². The minimum atomic E-state index is -3.47. The van der Waals surface area contributed by atoms with E-state index in [1.54, 1.807) is 12.1 Å². The first kappa shape index (κ1) is 16.2. The fourth-order valence-electron chi connectivity index (χ4n) is 2.63. The Kier molecular flexibility index (Phi) is 4.88. The predicted octanol–water partition coefficient (Wildman–Crippen LogP) is 2.76. The van der Waals surface area contributed by atoms with Crippen LogP contribution in [0.3, 0.4) is 0 Å². The summed E-state index contributed by atoms with van der Waals surface area (Å²) in [7, 11) is -3.47. The smallest absolute Gasteiger partial charge is 0.242 e. The van der Waals surface area contributed by atoms with E-state index >= 15 is 0 Å². The molecule has 1 aliphatic rings. The SMILES string of the molecule is CCNc1ccc(S(=O)(=O)NC2CCC(C)(C)CC2)cn1. The van der Waals surface area contributed by atoms with Crippen LogP contribution in [0.4, 0.5) is 5.82 Å². The molecule has 0 atom stereocenters. The standard InChI is InChI=1S/C15H25N3O2S/c1-4-16-14-6-5-13(11-17-14)21(19,20)18-12-7-9-15(2,3)10-8-12/h5-6,11-12,18H,4,7-10H2,1-3H3,(H,16,17). The number of nitrogens with zero attached hydrogens (tertiary/aromatic N) is 1. The summed E-state index contributed by atoms with van der Waals surface area (Å²) in [5.41, 5.74) is 0.330. The van der Waals surface area contributed by atoms with Gasteiger partial charge in [0.1, 0.15) is 10.7 Å². The summed E-state index contributed by atoms with van der Waals surface area (Å²) < 4.78 is 27.5. The fraction of sp³-hybridized carbons (Fsp3) is 0.667. The second-order valence-corrected chi connectivity index (χ2v) is 8.18. The Morgan fingerprint density at radius 3 is 2.48 bits per heavy atom. The molecule has 1 aliphatic carbocycles.